The number of carbonyl (C=O) groups is 1. The van der Waals surface area contributed by atoms with E-state index < -0.39 is 11.0 Å². The summed E-state index contributed by atoms with van der Waals surface area (Å²) >= 11 is 0. The summed E-state index contributed by atoms with van der Waals surface area (Å²) in [6.07, 6.45) is 3.00. The largest absolute Gasteiger partial charge is 0.345 e. The number of pyridine rings is 1. The van der Waals surface area contributed by atoms with Crippen LogP contribution in [-0.2, 0) is 15.7 Å². The predicted molar refractivity (Wildman–Crippen MR) is 73.9 cm³/mol. The van der Waals surface area contributed by atoms with Crippen molar-refractivity contribution < 1.29 is 4.79 Å². The maximum atomic E-state index is 12.5. The number of hydrogen-bond acceptors (Lipinski definition) is 2. The van der Waals surface area contributed by atoms with E-state index in [-0.39, 0.29) is 5.91 Å². The minimum Gasteiger partial charge on any atom is -0.345 e. The first-order chi connectivity index (χ1) is 8.91. The van der Waals surface area contributed by atoms with Crippen molar-refractivity contribution in [2.75, 3.05) is 0 Å². The fourth-order valence-corrected chi connectivity index (χ4v) is 2.91. The number of rotatable bonds is 2. The highest BCUT2D eigenvalue weighted by Crippen LogP contribution is 2.42. The van der Waals surface area contributed by atoms with Crippen LogP contribution in [0.2, 0.25) is 0 Å². The molecule has 1 aromatic heterocycles. The van der Waals surface area contributed by atoms with E-state index in [0.29, 0.717) is 18.5 Å². The highest BCUT2D eigenvalue weighted by atomic mass is 16.2. The molecule has 2 heterocycles. The Hall–Kier alpha value is -1.89. The minimum atomic E-state index is -0.557. The van der Waals surface area contributed by atoms with Gasteiger partial charge in [0.15, 0.2) is 0 Å². The van der Waals surface area contributed by atoms with Gasteiger partial charge in [-0.15, -0.1) is 0 Å². The number of aromatic nitrogens is 1. The van der Waals surface area contributed by atoms with Crippen molar-refractivity contribution in [3.8, 4) is 0 Å². The fourth-order valence-electron chi connectivity index (χ4n) is 2.91. The Balaban J connectivity index is 2.77. The topological polar surface area (TPSA) is 46.4 Å². The lowest BCUT2D eigenvalue weighted by Gasteiger charge is -2.43. The van der Waals surface area contributed by atoms with Gasteiger partial charge in [0.2, 0.25) is 11.6 Å². The van der Waals surface area contributed by atoms with Crippen molar-refractivity contribution in [1.29, 1.82) is 0 Å². The molecule has 0 saturated heterocycles. The zero-order valence-electron chi connectivity index (χ0n) is 11.9. The summed E-state index contributed by atoms with van der Waals surface area (Å²) in [5.41, 5.74) is 1.25. The third-order valence-corrected chi connectivity index (χ3v) is 4.18. The molecule has 0 fully saturated rings. The second-order valence-corrected chi connectivity index (χ2v) is 5.57. The van der Waals surface area contributed by atoms with Crippen LogP contribution in [0, 0.1) is 6.57 Å². The predicted octanol–water partition coefficient (Wildman–Crippen LogP) is 3.06. The smallest absolute Gasteiger partial charge is 0.231 e. The minimum absolute atomic E-state index is 0.0407. The Bertz CT molecular complexity index is 565. The number of nitrogens with zero attached hydrogens (tertiary/aromatic N) is 2. The Morgan fingerprint density at radius 3 is 2.53 bits per heavy atom. The quantitative estimate of drug-likeness (QED) is 0.828. The first kappa shape index (κ1) is 13.5. The van der Waals surface area contributed by atoms with Crippen LogP contribution < -0.4 is 5.32 Å². The zero-order chi connectivity index (χ0) is 14.3. The molecule has 0 bridgehead atoms. The SMILES string of the molecule is [C-]#[N+]c1cnc2c(c1)C(CC)(CC)C(=O)NC2(C)C. The molecule has 1 amide bonds. The van der Waals surface area contributed by atoms with E-state index in [1.165, 1.54) is 0 Å². The summed E-state index contributed by atoms with van der Waals surface area (Å²) in [6, 6.07) is 1.84. The first-order valence-electron chi connectivity index (χ1n) is 6.62. The van der Waals surface area contributed by atoms with Crippen LogP contribution in [0.15, 0.2) is 12.3 Å². The normalized spacial score (nSPS) is 19.2. The number of hydrogen-bond donors (Lipinski definition) is 1. The lowest BCUT2D eigenvalue weighted by Crippen LogP contribution is -2.57. The average Bonchev–Trinajstić information content (AvgIpc) is 2.39. The van der Waals surface area contributed by atoms with Gasteiger partial charge < -0.3 is 5.32 Å². The molecule has 0 saturated carbocycles. The van der Waals surface area contributed by atoms with Gasteiger partial charge in [-0.05, 0) is 38.3 Å². The molecule has 2 rings (SSSR count). The Morgan fingerprint density at radius 1 is 1.37 bits per heavy atom. The molecule has 4 heteroatoms. The van der Waals surface area contributed by atoms with E-state index in [9.17, 15) is 4.79 Å². The molecule has 19 heavy (non-hydrogen) atoms. The molecule has 0 radical (unpaired) electrons. The van der Waals surface area contributed by atoms with E-state index in [1.807, 2.05) is 33.8 Å². The van der Waals surface area contributed by atoms with Crippen LogP contribution in [0.3, 0.4) is 0 Å². The summed E-state index contributed by atoms with van der Waals surface area (Å²) in [4.78, 5) is 20.4. The maximum absolute atomic E-state index is 12.5. The fraction of sp³-hybridized carbons (Fsp3) is 0.533. The average molecular weight is 257 g/mol. The summed E-state index contributed by atoms with van der Waals surface area (Å²) in [7, 11) is 0. The van der Waals surface area contributed by atoms with E-state index in [1.54, 1.807) is 6.20 Å². The van der Waals surface area contributed by atoms with Gasteiger partial charge in [-0.3, -0.25) is 9.78 Å². The third kappa shape index (κ3) is 1.81. The molecule has 1 aromatic rings. The van der Waals surface area contributed by atoms with Gasteiger partial charge >= 0.3 is 0 Å². The Labute approximate surface area is 114 Å². The van der Waals surface area contributed by atoms with Crippen molar-refractivity contribution in [1.82, 2.24) is 10.3 Å². The van der Waals surface area contributed by atoms with Crippen LogP contribution in [0.1, 0.15) is 51.8 Å². The van der Waals surface area contributed by atoms with E-state index in [2.05, 4.69) is 15.1 Å². The molecule has 0 spiro atoms. The zero-order valence-corrected chi connectivity index (χ0v) is 11.9. The number of fused-ring (bicyclic) bond motifs is 1. The van der Waals surface area contributed by atoms with Crippen molar-refractivity contribution in [3.05, 3.63) is 34.9 Å². The lowest BCUT2D eigenvalue weighted by atomic mass is 9.68. The van der Waals surface area contributed by atoms with Gasteiger partial charge in [-0.2, -0.15) is 0 Å². The molecule has 1 N–H and O–H groups in total. The first-order valence-corrected chi connectivity index (χ1v) is 6.62. The molecule has 4 nitrogen and oxygen atoms in total. The van der Waals surface area contributed by atoms with Crippen LogP contribution in [0.5, 0.6) is 0 Å². The van der Waals surface area contributed by atoms with E-state index in [0.717, 1.165) is 11.3 Å². The molecule has 100 valence electrons. The third-order valence-electron chi connectivity index (χ3n) is 4.18. The summed E-state index contributed by atoms with van der Waals surface area (Å²) in [5.74, 6) is 0.0407. The monoisotopic (exact) mass is 257 g/mol. The van der Waals surface area contributed by atoms with E-state index >= 15 is 0 Å². The molecular formula is C15H19N3O. The van der Waals surface area contributed by atoms with Crippen LogP contribution in [0.4, 0.5) is 5.69 Å². The maximum Gasteiger partial charge on any atom is 0.231 e. The van der Waals surface area contributed by atoms with Crippen molar-refractivity contribution in [2.24, 2.45) is 0 Å². The molecule has 0 aliphatic carbocycles. The second-order valence-electron chi connectivity index (χ2n) is 5.57. The summed E-state index contributed by atoms with van der Waals surface area (Å²) in [6.45, 7) is 15.1. The van der Waals surface area contributed by atoms with Gasteiger partial charge in [0, 0.05) is 6.20 Å². The molecule has 1 aliphatic rings. The molecule has 1 aliphatic heterocycles. The number of carbonyl (C=O) groups excluding carboxylic acids is 1. The van der Waals surface area contributed by atoms with Gasteiger partial charge in [0.05, 0.1) is 23.2 Å². The highest BCUT2D eigenvalue weighted by Gasteiger charge is 2.47. The van der Waals surface area contributed by atoms with Crippen LogP contribution >= 0.6 is 0 Å². The Morgan fingerprint density at radius 2 is 2.00 bits per heavy atom. The molecule has 0 atom stereocenters. The number of amides is 1. The van der Waals surface area contributed by atoms with Gasteiger partial charge in [-0.25, -0.2) is 4.85 Å². The van der Waals surface area contributed by atoms with Gasteiger partial charge in [-0.1, -0.05) is 13.8 Å². The summed E-state index contributed by atoms with van der Waals surface area (Å²) < 4.78 is 0. The van der Waals surface area contributed by atoms with Gasteiger partial charge in [0.1, 0.15) is 0 Å². The molecular weight excluding hydrogens is 238 g/mol. The van der Waals surface area contributed by atoms with Crippen LogP contribution in [-0.4, -0.2) is 10.9 Å². The summed E-state index contributed by atoms with van der Waals surface area (Å²) in [5, 5.41) is 3.06. The van der Waals surface area contributed by atoms with Gasteiger partial charge in [0.25, 0.3) is 0 Å². The van der Waals surface area contributed by atoms with Crippen molar-refractivity contribution in [2.45, 2.75) is 51.5 Å². The number of nitrogens with one attached hydrogen (secondary N) is 1. The van der Waals surface area contributed by atoms with Crippen LogP contribution in [0.25, 0.3) is 4.85 Å². The Kier molecular flexibility index (Phi) is 3.09. The standard InChI is InChI=1S/C15H19N3O/c1-6-15(7-2)11-8-10(16-5)9-17-12(11)14(3,4)18-13(15)19/h8-9H,6-7H2,1-4H3,(H,18,19). The highest BCUT2D eigenvalue weighted by molar-refractivity contribution is 5.91. The second kappa shape index (κ2) is 4.34. The molecule has 0 aromatic carbocycles. The van der Waals surface area contributed by atoms with Crippen molar-refractivity contribution in [3.63, 3.8) is 0 Å². The lowest BCUT2D eigenvalue weighted by molar-refractivity contribution is -0.130. The van der Waals surface area contributed by atoms with Crippen molar-refractivity contribution >= 4 is 11.6 Å². The molecule has 0 unspecified atom stereocenters. The van der Waals surface area contributed by atoms with E-state index in [4.69, 9.17) is 6.57 Å².